The molecule has 0 saturated heterocycles. The van der Waals surface area contributed by atoms with Crippen molar-refractivity contribution in [1.82, 2.24) is 4.57 Å². The SMILES string of the molecule is N=c1oc2c(n1CC(=O)c1ccccc1)CCCC2. The number of rotatable bonds is 3. The number of fused-ring (bicyclic) bond motifs is 1. The molecular weight excluding hydrogens is 240 g/mol. The van der Waals surface area contributed by atoms with Gasteiger partial charge in [-0.1, -0.05) is 30.3 Å². The average Bonchev–Trinajstić information content (AvgIpc) is 2.76. The van der Waals surface area contributed by atoms with Gasteiger partial charge < -0.3 is 4.42 Å². The van der Waals surface area contributed by atoms with E-state index in [1.807, 2.05) is 18.2 Å². The van der Waals surface area contributed by atoms with Crippen molar-refractivity contribution in [2.45, 2.75) is 32.2 Å². The minimum atomic E-state index is 0.0215. The molecule has 4 nitrogen and oxygen atoms in total. The van der Waals surface area contributed by atoms with E-state index in [-0.39, 0.29) is 18.0 Å². The number of hydrogen-bond acceptors (Lipinski definition) is 3. The summed E-state index contributed by atoms with van der Waals surface area (Å²) in [6.45, 7) is 0.196. The Labute approximate surface area is 111 Å². The summed E-state index contributed by atoms with van der Waals surface area (Å²) in [5, 5.41) is 7.87. The molecule has 1 aliphatic rings. The number of nitrogens with zero attached hydrogens (tertiary/aromatic N) is 1. The number of ketones is 1. The lowest BCUT2D eigenvalue weighted by atomic mass is 10.0. The first-order valence-electron chi connectivity index (χ1n) is 6.60. The van der Waals surface area contributed by atoms with Crippen LogP contribution in [-0.4, -0.2) is 10.4 Å². The fourth-order valence-electron chi connectivity index (χ4n) is 2.58. The molecule has 19 heavy (non-hydrogen) atoms. The van der Waals surface area contributed by atoms with Crippen molar-refractivity contribution >= 4 is 5.78 Å². The van der Waals surface area contributed by atoms with Crippen molar-refractivity contribution < 1.29 is 9.21 Å². The second kappa shape index (κ2) is 4.88. The van der Waals surface area contributed by atoms with Crippen LogP contribution in [0.1, 0.15) is 34.7 Å². The van der Waals surface area contributed by atoms with Crippen LogP contribution in [0.25, 0.3) is 0 Å². The van der Waals surface area contributed by atoms with Crippen LogP contribution in [0.2, 0.25) is 0 Å². The fourth-order valence-corrected chi connectivity index (χ4v) is 2.58. The van der Waals surface area contributed by atoms with E-state index in [0.717, 1.165) is 37.1 Å². The number of carbonyl (C=O) groups is 1. The number of aryl methyl sites for hydroxylation is 1. The molecule has 0 atom stereocenters. The van der Waals surface area contributed by atoms with E-state index in [0.29, 0.717) is 5.56 Å². The largest absolute Gasteiger partial charge is 0.429 e. The predicted octanol–water partition coefficient (Wildman–Crippen LogP) is 2.32. The Morgan fingerprint density at radius 2 is 1.95 bits per heavy atom. The van der Waals surface area contributed by atoms with Gasteiger partial charge in [0.1, 0.15) is 5.76 Å². The highest BCUT2D eigenvalue weighted by Gasteiger charge is 2.20. The highest BCUT2D eigenvalue weighted by Crippen LogP contribution is 2.20. The Balaban J connectivity index is 1.90. The summed E-state index contributed by atoms with van der Waals surface area (Å²) in [4.78, 5) is 12.2. The van der Waals surface area contributed by atoms with Crippen molar-refractivity contribution in [1.29, 1.82) is 5.41 Å². The predicted molar refractivity (Wildman–Crippen MR) is 70.0 cm³/mol. The van der Waals surface area contributed by atoms with E-state index >= 15 is 0 Å². The third-order valence-corrected chi connectivity index (χ3v) is 3.58. The molecule has 98 valence electrons. The molecule has 1 N–H and O–H groups in total. The Hall–Kier alpha value is -2.10. The summed E-state index contributed by atoms with van der Waals surface area (Å²) in [5.74, 6) is 0.908. The van der Waals surface area contributed by atoms with Crippen LogP contribution < -0.4 is 5.68 Å². The Morgan fingerprint density at radius 1 is 1.21 bits per heavy atom. The number of Topliss-reactive ketones (excluding diaryl/α,β-unsaturated/α-hetero) is 1. The Bertz CT molecular complexity index is 653. The minimum absolute atomic E-state index is 0.0215. The van der Waals surface area contributed by atoms with E-state index in [1.165, 1.54) is 0 Å². The average molecular weight is 256 g/mol. The Kier molecular flexibility index (Phi) is 3.07. The van der Waals surface area contributed by atoms with Crippen molar-refractivity contribution in [2.24, 2.45) is 0 Å². The molecule has 0 radical (unpaired) electrons. The number of oxazole rings is 1. The Morgan fingerprint density at radius 3 is 2.74 bits per heavy atom. The molecule has 0 spiro atoms. The van der Waals surface area contributed by atoms with Gasteiger partial charge in [0.25, 0.3) is 5.68 Å². The summed E-state index contributed by atoms with van der Waals surface area (Å²) in [6, 6.07) is 9.20. The first kappa shape index (κ1) is 12.0. The molecule has 1 aromatic heterocycles. The zero-order chi connectivity index (χ0) is 13.2. The molecule has 0 bridgehead atoms. The van der Waals surface area contributed by atoms with Gasteiger partial charge in [-0.15, -0.1) is 0 Å². The zero-order valence-corrected chi connectivity index (χ0v) is 10.7. The van der Waals surface area contributed by atoms with Crippen molar-refractivity contribution in [3.05, 3.63) is 53.0 Å². The molecule has 1 heterocycles. The second-order valence-electron chi connectivity index (χ2n) is 4.86. The molecule has 0 unspecified atom stereocenters. The summed E-state index contributed by atoms with van der Waals surface area (Å²) in [6.07, 6.45) is 3.99. The van der Waals surface area contributed by atoms with E-state index in [4.69, 9.17) is 9.83 Å². The lowest BCUT2D eigenvalue weighted by molar-refractivity contribution is 0.0967. The second-order valence-corrected chi connectivity index (χ2v) is 4.86. The maximum Gasteiger partial charge on any atom is 0.294 e. The van der Waals surface area contributed by atoms with Gasteiger partial charge in [-0.25, -0.2) is 0 Å². The third kappa shape index (κ3) is 2.26. The van der Waals surface area contributed by atoms with Gasteiger partial charge in [-0.3, -0.25) is 14.8 Å². The third-order valence-electron chi connectivity index (χ3n) is 3.58. The van der Waals surface area contributed by atoms with E-state index in [9.17, 15) is 4.79 Å². The normalized spacial score (nSPS) is 14.1. The minimum Gasteiger partial charge on any atom is -0.429 e. The van der Waals surface area contributed by atoms with E-state index in [2.05, 4.69) is 0 Å². The maximum atomic E-state index is 12.2. The molecule has 2 aromatic rings. The lowest BCUT2D eigenvalue weighted by Gasteiger charge is -2.11. The first-order chi connectivity index (χ1) is 9.25. The number of aromatic nitrogens is 1. The van der Waals surface area contributed by atoms with Crippen molar-refractivity contribution in [2.75, 3.05) is 0 Å². The molecule has 1 aromatic carbocycles. The monoisotopic (exact) mass is 256 g/mol. The van der Waals surface area contributed by atoms with E-state index < -0.39 is 0 Å². The number of nitrogens with one attached hydrogen (secondary N) is 1. The fraction of sp³-hybridized carbons (Fsp3) is 0.333. The maximum absolute atomic E-state index is 12.2. The molecule has 0 saturated carbocycles. The van der Waals surface area contributed by atoms with Gasteiger partial charge in [0.2, 0.25) is 0 Å². The van der Waals surface area contributed by atoms with Crippen LogP contribution >= 0.6 is 0 Å². The molecule has 0 amide bonds. The molecule has 4 heteroatoms. The van der Waals surface area contributed by atoms with Crippen LogP contribution in [0.4, 0.5) is 0 Å². The smallest absolute Gasteiger partial charge is 0.294 e. The van der Waals surface area contributed by atoms with Crippen LogP contribution in [0, 0.1) is 5.41 Å². The molecular formula is C15H16N2O2. The van der Waals surface area contributed by atoms with Gasteiger partial charge >= 0.3 is 0 Å². The number of hydrogen-bond donors (Lipinski definition) is 1. The van der Waals surface area contributed by atoms with Gasteiger partial charge in [0.15, 0.2) is 5.78 Å². The number of benzene rings is 1. The molecule has 0 aliphatic heterocycles. The highest BCUT2D eigenvalue weighted by molar-refractivity contribution is 5.95. The lowest BCUT2D eigenvalue weighted by Crippen LogP contribution is -2.23. The standard InChI is InChI=1S/C15H16N2O2/c16-15-17(12-8-4-5-9-14(12)19-15)10-13(18)11-6-2-1-3-7-11/h1-3,6-7,16H,4-5,8-10H2. The van der Waals surface area contributed by atoms with Gasteiger partial charge in [-0.05, 0) is 19.3 Å². The molecule has 1 aliphatic carbocycles. The van der Waals surface area contributed by atoms with Crippen LogP contribution in [0.15, 0.2) is 34.7 Å². The van der Waals surface area contributed by atoms with Crippen LogP contribution in [-0.2, 0) is 19.4 Å². The topological polar surface area (TPSA) is 59.0 Å². The quantitative estimate of drug-likeness (QED) is 0.857. The van der Waals surface area contributed by atoms with Gasteiger partial charge in [0, 0.05) is 12.0 Å². The van der Waals surface area contributed by atoms with E-state index in [1.54, 1.807) is 16.7 Å². The van der Waals surface area contributed by atoms with Crippen LogP contribution in [0.5, 0.6) is 0 Å². The van der Waals surface area contributed by atoms with Crippen molar-refractivity contribution in [3.63, 3.8) is 0 Å². The highest BCUT2D eigenvalue weighted by atomic mass is 16.4. The zero-order valence-electron chi connectivity index (χ0n) is 10.7. The van der Waals surface area contributed by atoms with Crippen molar-refractivity contribution in [3.8, 4) is 0 Å². The summed E-state index contributed by atoms with van der Waals surface area (Å²) < 4.78 is 7.16. The molecule has 0 fully saturated rings. The summed E-state index contributed by atoms with van der Waals surface area (Å²) in [5.41, 5.74) is 1.80. The summed E-state index contributed by atoms with van der Waals surface area (Å²) >= 11 is 0. The number of carbonyl (C=O) groups excluding carboxylic acids is 1. The molecule has 3 rings (SSSR count). The first-order valence-corrected chi connectivity index (χ1v) is 6.60. The van der Waals surface area contributed by atoms with Crippen LogP contribution in [0.3, 0.4) is 0 Å². The van der Waals surface area contributed by atoms with Gasteiger partial charge in [-0.2, -0.15) is 0 Å². The summed E-state index contributed by atoms with van der Waals surface area (Å²) in [7, 11) is 0. The van der Waals surface area contributed by atoms with Gasteiger partial charge in [0.05, 0.1) is 12.2 Å².